The van der Waals surface area contributed by atoms with E-state index in [1.165, 1.54) is 0 Å². The number of fused-ring (bicyclic) bond motifs is 1. The molecule has 3 amide bonds. The fraction of sp³-hybridized carbons (Fsp3) is 0.414. The molecule has 2 heterocycles. The van der Waals surface area contributed by atoms with Crippen LogP contribution in [0.2, 0.25) is 0 Å². The molecule has 3 aromatic rings. The van der Waals surface area contributed by atoms with Gasteiger partial charge in [0.05, 0.1) is 17.4 Å². The monoisotopic (exact) mass is 531 g/mol. The second-order valence-electron chi connectivity index (χ2n) is 11.3. The Hall–Kier alpha value is -4.21. The predicted molar refractivity (Wildman–Crippen MR) is 143 cm³/mol. The van der Waals surface area contributed by atoms with E-state index in [-0.39, 0.29) is 34.9 Å². The summed E-state index contributed by atoms with van der Waals surface area (Å²) in [5, 5.41) is 19.4. The van der Waals surface area contributed by atoms with Crippen molar-refractivity contribution in [2.24, 2.45) is 5.92 Å². The van der Waals surface area contributed by atoms with Crippen molar-refractivity contribution in [3.05, 3.63) is 70.4 Å². The first-order valence-electron chi connectivity index (χ1n) is 13.1. The first kappa shape index (κ1) is 26.4. The Morgan fingerprint density at radius 3 is 2.64 bits per heavy atom. The highest BCUT2D eigenvalue weighted by Gasteiger charge is 2.47. The average molecular weight is 532 g/mol. The summed E-state index contributed by atoms with van der Waals surface area (Å²) in [6.07, 6.45) is 1.29. The number of hydrogen-bond donors (Lipinski definition) is 3. The molecule has 0 saturated heterocycles. The van der Waals surface area contributed by atoms with Gasteiger partial charge in [-0.05, 0) is 80.5 Å². The van der Waals surface area contributed by atoms with Gasteiger partial charge in [-0.1, -0.05) is 29.4 Å². The molecule has 1 aliphatic heterocycles. The largest absolute Gasteiger partial charge is 0.478 e. The van der Waals surface area contributed by atoms with Gasteiger partial charge in [-0.25, -0.2) is 9.59 Å². The maximum absolute atomic E-state index is 13.0. The predicted octanol–water partition coefficient (Wildman–Crippen LogP) is 4.03. The number of carbonyl (C=O) groups excluding carboxylic acids is 2. The average Bonchev–Trinajstić information content (AvgIpc) is 3.58. The van der Waals surface area contributed by atoms with Crippen molar-refractivity contribution in [2.45, 2.75) is 65.1 Å². The highest BCUT2D eigenvalue weighted by Crippen LogP contribution is 2.46. The molecule has 0 bridgehead atoms. The van der Waals surface area contributed by atoms with E-state index in [4.69, 9.17) is 4.52 Å². The van der Waals surface area contributed by atoms with Gasteiger partial charge < -0.3 is 25.2 Å². The number of rotatable bonds is 6. The summed E-state index contributed by atoms with van der Waals surface area (Å²) in [6.45, 7) is 8.82. The summed E-state index contributed by atoms with van der Waals surface area (Å²) in [6, 6.07) is 10.7. The van der Waals surface area contributed by atoms with Gasteiger partial charge in [0.1, 0.15) is 0 Å². The number of carboxylic acids is 1. The number of nitrogens with zero attached hydrogens (tertiary/aromatic N) is 3. The molecule has 10 heteroatoms. The van der Waals surface area contributed by atoms with Gasteiger partial charge in [-0.15, -0.1) is 0 Å². The molecule has 10 nitrogen and oxygen atoms in total. The van der Waals surface area contributed by atoms with Crippen molar-refractivity contribution in [2.75, 3.05) is 6.54 Å². The van der Waals surface area contributed by atoms with Gasteiger partial charge in [-0.2, -0.15) is 4.98 Å². The molecular weight excluding hydrogens is 498 g/mol. The zero-order valence-electron chi connectivity index (χ0n) is 22.6. The van der Waals surface area contributed by atoms with Gasteiger partial charge in [-0.3, -0.25) is 4.79 Å². The minimum Gasteiger partial charge on any atom is -0.478 e. The summed E-state index contributed by atoms with van der Waals surface area (Å²) in [4.78, 5) is 43.5. The van der Waals surface area contributed by atoms with E-state index in [0.717, 1.165) is 27.8 Å². The van der Waals surface area contributed by atoms with E-state index in [2.05, 4.69) is 20.8 Å². The Kier molecular flexibility index (Phi) is 6.88. The number of urea groups is 1. The number of benzene rings is 2. The summed E-state index contributed by atoms with van der Waals surface area (Å²) in [7, 11) is 0. The number of carbonyl (C=O) groups is 3. The molecular formula is C29H33N5O5. The van der Waals surface area contributed by atoms with E-state index >= 15 is 0 Å². The van der Waals surface area contributed by atoms with Crippen LogP contribution in [0, 0.1) is 12.8 Å². The van der Waals surface area contributed by atoms with Gasteiger partial charge in [0.2, 0.25) is 11.8 Å². The van der Waals surface area contributed by atoms with Crippen molar-refractivity contribution in [1.29, 1.82) is 0 Å². The summed E-state index contributed by atoms with van der Waals surface area (Å²) in [5.41, 5.74) is 4.56. The van der Waals surface area contributed by atoms with Gasteiger partial charge in [0, 0.05) is 25.2 Å². The van der Waals surface area contributed by atoms with Crippen LogP contribution in [0.3, 0.4) is 0 Å². The van der Waals surface area contributed by atoms with Gasteiger partial charge in [0.25, 0.3) is 0 Å². The number of hydrogen-bond acceptors (Lipinski definition) is 6. The summed E-state index contributed by atoms with van der Waals surface area (Å²) < 4.78 is 5.23. The third-order valence-electron chi connectivity index (χ3n) is 7.14. The normalized spacial score (nSPS) is 18.3. The maximum atomic E-state index is 13.0. The molecule has 2 aromatic carbocycles. The smallest absolute Gasteiger partial charge is 0.335 e. The number of amides is 3. The molecule has 39 heavy (non-hydrogen) atoms. The lowest BCUT2D eigenvalue weighted by atomic mass is 9.87. The van der Waals surface area contributed by atoms with Crippen LogP contribution in [-0.2, 0) is 24.3 Å². The lowest BCUT2D eigenvalue weighted by Crippen LogP contribution is -2.50. The van der Waals surface area contributed by atoms with Crippen molar-refractivity contribution in [3.8, 4) is 11.1 Å². The van der Waals surface area contributed by atoms with E-state index in [0.29, 0.717) is 44.2 Å². The minimum absolute atomic E-state index is 0.0550. The van der Waals surface area contributed by atoms with Crippen LogP contribution >= 0.6 is 0 Å². The molecule has 1 aromatic heterocycles. The standard InChI is InChI=1S/C29H33N5O5/c1-16-31-26(39-33-16)23-13-22(23)25(35)30-14-19-8-9-20(17-6-5-7-18(12-17)27(36)37)21-10-11-34(15-24(19)21)28(38)32-29(2,3)4/h5-9,12,22-23H,10-11,13-15H2,1-4H3,(H,30,35)(H,32,38)(H,36,37)/t22-,23-/m1/s1. The zero-order valence-corrected chi connectivity index (χ0v) is 22.6. The summed E-state index contributed by atoms with van der Waals surface area (Å²) >= 11 is 0. The fourth-order valence-electron chi connectivity index (χ4n) is 5.10. The van der Waals surface area contributed by atoms with Gasteiger partial charge >= 0.3 is 12.0 Å². The Morgan fingerprint density at radius 2 is 1.95 bits per heavy atom. The van der Waals surface area contributed by atoms with E-state index in [9.17, 15) is 19.5 Å². The SMILES string of the molecule is Cc1noc([C@@H]2C[C@H]2C(=O)NCc2ccc(-c3cccc(C(=O)O)c3)c3c2CN(C(=O)NC(C)(C)C)CC3)n1. The topological polar surface area (TPSA) is 138 Å². The molecule has 2 atom stereocenters. The van der Waals surface area contributed by atoms with Crippen LogP contribution in [-0.4, -0.2) is 50.1 Å². The molecule has 1 fully saturated rings. The van der Waals surface area contributed by atoms with Crippen LogP contribution in [0.4, 0.5) is 4.79 Å². The number of aromatic nitrogens is 2. The highest BCUT2D eigenvalue weighted by atomic mass is 16.5. The Labute approximate surface area is 226 Å². The quantitative estimate of drug-likeness (QED) is 0.437. The molecule has 2 aliphatic rings. The Balaban J connectivity index is 1.40. The maximum Gasteiger partial charge on any atom is 0.335 e. The molecule has 0 unspecified atom stereocenters. The number of nitrogens with one attached hydrogen (secondary N) is 2. The number of carboxylic acid groups (broad SMARTS) is 1. The second kappa shape index (κ2) is 10.2. The van der Waals surface area contributed by atoms with Crippen LogP contribution in [0.15, 0.2) is 40.9 Å². The first-order chi connectivity index (χ1) is 18.5. The molecule has 5 rings (SSSR count). The minimum atomic E-state index is -0.982. The highest BCUT2D eigenvalue weighted by molar-refractivity contribution is 5.90. The molecule has 0 radical (unpaired) electrons. The van der Waals surface area contributed by atoms with Gasteiger partial charge in [0.15, 0.2) is 5.82 Å². The van der Waals surface area contributed by atoms with Crippen molar-refractivity contribution < 1.29 is 24.0 Å². The molecule has 0 spiro atoms. The lowest BCUT2D eigenvalue weighted by Gasteiger charge is -2.34. The zero-order chi connectivity index (χ0) is 27.9. The van der Waals surface area contributed by atoms with Crippen LogP contribution in [0.5, 0.6) is 0 Å². The Bertz CT molecular complexity index is 1440. The molecule has 204 valence electrons. The molecule has 3 N–H and O–H groups in total. The number of aromatic carboxylic acids is 1. The third-order valence-corrected chi connectivity index (χ3v) is 7.14. The lowest BCUT2D eigenvalue weighted by molar-refractivity contribution is -0.122. The summed E-state index contributed by atoms with van der Waals surface area (Å²) in [5.74, 6) is -0.256. The van der Waals surface area contributed by atoms with Crippen molar-refractivity contribution >= 4 is 17.9 Å². The van der Waals surface area contributed by atoms with Crippen molar-refractivity contribution in [1.82, 2.24) is 25.7 Å². The fourth-order valence-corrected chi connectivity index (χ4v) is 5.10. The first-order valence-corrected chi connectivity index (χ1v) is 13.1. The number of aryl methyl sites for hydroxylation is 1. The third kappa shape index (κ3) is 5.79. The van der Waals surface area contributed by atoms with Crippen LogP contribution < -0.4 is 10.6 Å². The Morgan fingerprint density at radius 1 is 1.15 bits per heavy atom. The van der Waals surface area contributed by atoms with E-state index in [1.807, 2.05) is 39.0 Å². The molecule has 1 saturated carbocycles. The van der Waals surface area contributed by atoms with Crippen LogP contribution in [0.25, 0.3) is 11.1 Å². The van der Waals surface area contributed by atoms with Crippen LogP contribution in [0.1, 0.15) is 71.9 Å². The second-order valence-corrected chi connectivity index (χ2v) is 11.3. The van der Waals surface area contributed by atoms with E-state index < -0.39 is 5.97 Å². The van der Waals surface area contributed by atoms with Crippen molar-refractivity contribution in [3.63, 3.8) is 0 Å². The molecule has 1 aliphatic carbocycles. The van der Waals surface area contributed by atoms with E-state index in [1.54, 1.807) is 30.0 Å².